The highest BCUT2D eigenvalue weighted by Gasteiger charge is 2.03. The molecule has 1 rings (SSSR count). The molecule has 0 fully saturated rings. The summed E-state index contributed by atoms with van der Waals surface area (Å²) >= 11 is 3.13. The Kier molecular flexibility index (Phi) is 3.02. The van der Waals surface area contributed by atoms with Crippen molar-refractivity contribution in [1.82, 2.24) is 0 Å². The Morgan fingerprint density at radius 2 is 1.91 bits per heavy atom. The van der Waals surface area contributed by atoms with Crippen LogP contribution in [0, 0.1) is 5.82 Å². The number of benzene rings is 1. The molecular formula is C8H8BrFO. The number of aliphatic hydroxyl groups is 1. The average molecular weight is 219 g/mol. The van der Waals surface area contributed by atoms with Gasteiger partial charge in [0, 0.05) is 5.33 Å². The lowest BCUT2D eigenvalue weighted by Crippen LogP contribution is -1.97. The fourth-order valence-electron chi connectivity index (χ4n) is 0.774. The van der Waals surface area contributed by atoms with Gasteiger partial charge in [-0.3, -0.25) is 0 Å². The second-order valence-corrected chi connectivity index (χ2v) is 2.87. The lowest BCUT2D eigenvalue weighted by molar-refractivity contribution is 0.205. The first-order valence-electron chi connectivity index (χ1n) is 3.23. The first-order valence-corrected chi connectivity index (χ1v) is 4.35. The van der Waals surface area contributed by atoms with Crippen molar-refractivity contribution < 1.29 is 9.50 Å². The van der Waals surface area contributed by atoms with Gasteiger partial charge in [0.05, 0.1) is 6.10 Å². The van der Waals surface area contributed by atoms with Gasteiger partial charge >= 0.3 is 0 Å². The van der Waals surface area contributed by atoms with Crippen LogP contribution >= 0.6 is 15.9 Å². The van der Waals surface area contributed by atoms with Gasteiger partial charge in [0.15, 0.2) is 0 Å². The van der Waals surface area contributed by atoms with Gasteiger partial charge in [0.1, 0.15) is 5.82 Å². The topological polar surface area (TPSA) is 20.2 Å². The van der Waals surface area contributed by atoms with E-state index >= 15 is 0 Å². The molecule has 1 aromatic rings. The Morgan fingerprint density at radius 1 is 1.36 bits per heavy atom. The summed E-state index contributed by atoms with van der Waals surface area (Å²) in [5.74, 6) is -0.282. The predicted molar refractivity (Wildman–Crippen MR) is 45.2 cm³/mol. The van der Waals surface area contributed by atoms with E-state index in [9.17, 15) is 9.50 Å². The molecule has 0 bridgehead atoms. The van der Waals surface area contributed by atoms with Crippen molar-refractivity contribution in [2.45, 2.75) is 6.10 Å². The normalized spacial score (nSPS) is 13.0. The molecule has 60 valence electrons. The van der Waals surface area contributed by atoms with Crippen molar-refractivity contribution in [2.75, 3.05) is 5.33 Å². The number of hydrogen-bond donors (Lipinski definition) is 1. The first kappa shape index (κ1) is 8.68. The summed E-state index contributed by atoms with van der Waals surface area (Å²) in [7, 11) is 0. The summed E-state index contributed by atoms with van der Waals surface area (Å²) in [5, 5.41) is 9.72. The van der Waals surface area contributed by atoms with Crippen molar-refractivity contribution in [2.24, 2.45) is 0 Å². The first-order chi connectivity index (χ1) is 5.24. The summed E-state index contributed by atoms with van der Waals surface area (Å²) in [6.07, 6.45) is -0.546. The van der Waals surface area contributed by atoms with Crippen molar-refractivity contribution in [3.63, 3.8) is 0 Å². The minimum Gasteiger partial charge on any atom is -0.388 e. The predicted octanol–water partition coefficient (Wildman–Crippen LogP) is 2.25. The fourth-order valence-corrected chi connectivity index (χ4v) is 1.15. The van der Waals surface area contributed by atoms with Crippen molar-refractivity contribution in [1.29, 1.82) is 0 Å². The number of rotatable bonds is 2. The van der Waals surface area contributed by atoms with Crippen molar-refractivity contribution in [3.8, 4) is 0 Å². The number of hydrogen-bond acceptors (Lipinski definition) is 1. The molecule has 0 aliphatic rings. The lowest BCUT2D eigenvalue weighted by Gasteiger charge is -2.05. The van der Waals surface area contributed by atoms with Crippen LogP contribution in [0.1, 0.15) is 11.7 Å². The van der Waals surface area contributed by atoms with Crippen LogP contribution < -0.4 is 0 Å². The van der Waals surface area contributed by atoms with E-state index in [1.54, 1.807) is 12.1 Å². The highest BCUT2D eigenvalue weighted by molar-refractivity contribution is 9.09. The van der Waals surface area contributed by atoms with Crippen LogP contribution in [0.4, 0.5) is 4.39 Å². The minimum atomic E-state index is -0.546. The van der Waals surface area contributed by atoms with Gasteiger partial charge < -0.3 is 5.11 Å². The molecule has 0 aliphatic carbocycles. The van der Waals surface area contributed by atoms with Crippen LogP contribution in [0.5, 0.6) is 0 Å². The molecule has 0 saturated heterocycles. The smallest absolute Gasteiger partial charge is 0.123 e. The molecule has 1 atom stereocenters. The van der Waals surface area contributed by atoms with E-state index in [0.29, 0.717) is 5.33 Å². The van der Waals surface area contributed by atoms with Gasteiger partial charge in [-0.05, 0) is 17.7 Å². The fraction of sp³-hybridized carbons (Fsp3) is 0.250. The minimum absolute atomic E-state index is 0.282. The zero-order chi connectivity index (χ0) is 8.27. The van der Waals surface area contributed by atoms with Gasteiger partial charge in [0.2, 0.25) is 0 Å². The van der Waals surface area contributed by atoms with Gasteiger partial charge in [-0.25, -0.2) is 4.39 Å². The number of halogens is 2. The zero-order valence-corrected chi connectivity index (χ0v) is 7.38. The van der Waals surface area contributed by atoms with Gasteiger partial charge in [-0.15, -0.1) is 0 Å². The molecule has 1 aromatic carbocycles. The van der Waals surface area contributed by atoms with Crippen LogP contribution in [0.3, 0.4) is 0 Å². The molecule has 3 heteroatoms. The molecule has 1 N–H and O–H groups in total. The molecular weight excluding hydrogens is 211 g/mol. The maximum atomic E-state index is 12.4. The number of aliphatic hydroxyl groups excluding tert-OH is 1. The highest BCUT2D eigenvalue weighted by Crippen LogP contribution is 2.14. The summed E-state index contributed by atoms with van der Waals surface area (Å²) in [4.78, 5) is 0. The molecule has 1 nitrogen and oxygen atoms in total. The third-order valence-electron chi connectivity index (χ3n) is 1.40. The Labute approximate surface area is 73.0 Å². The summed E-state index contributed by atoms with van der Waals surface area (Å²) in [5.41, 5.74) is 0.725. The molecule has 11 heavy (non-hydrogen) atoms. The van der Waals surface area contributed by atoms with E-state index in [2.05, 4.69) is 15.9 Å². The SMILES string of the molecule is O[C@@H](CBr)c1ccc(F)cc1. The maximum absolute atomic E-state index is 12.4. The van der Waals surface area contributed by atoms with Crippen LogP contribution in [-0.2, 0) is 0 Å². The molecule has 0 spiro atoms. The van der Waals surface area contributed by atoms with Crippen molar-refractivity contribution in [3.05, 3.63) is 35.6 Å². The Bertz CT molecular complexity index is 222. The molecule has 0 heterocycles. The Balaban J connectivity index is 2.81. The Hall–Kier alpha value is -0.410. The monoisotopic (exact) mass is 218 g/mol. The molecule has 0 aromatic heterocycles. The van der Waals surface area contributed by atoms with Crippen LogP contribution in [0.2, 0.25) is 0 Å². The third-order valence-corrected chi connectivity index (χ3v) is 2.01. The van der Waals surface area contributed by atoms with Crippen LogP contribution in [0.25, 0.3) is 0 Å². The summed E-state index contributed by atoms with van der Waals surface area (Å²) < 4.78 is 12.4. The second kappa shape index (κ2) is 3.83. The summed E-state index contributed by atoms with van der Waals surface area (Å²) in [6, 6.07) is 5.81. The standard InChI is InChI=1S/C8H8BrFO/c9-5-8(11)6-1-3-7(10)4-2-6/h1-4,8,11H,5H2/t8-/m0/s1. The van der Waals surface area contributed by atoms with Crippen molar-refractivity contribution >= 4 is 15.9 Å². The van der Waals surface area contributed by atoms with E-state index < -0.39 is 6.10 Å². The average Bonchev–Trinajstić information content (AvgIpc) is 2.05. The van der Waals surface area contributed by atoms with E-state index in [0.717, 1.165) is 5.56 Å². The Morgan fingerprint density at radius 3 is 2.36 bits per heavy atom. The highest BCUT2D eigenvalue weighted by atomic mass is 79.9. The van der Waals surface area contributed by atoms with E-state index in [-0.39, 0.29) is 5.82 Å². The van der Waals surface area contributed by atoms with Gasteiger partial charge in [-0.1, -0.05) is 28.1 Å². The summed E-state index contributed by atoms with van der Waals surface area (Å²) in [6.45, 7) is 0. The van der Waals surface area contributed by atoms with E-state index in [4.69, 9.17) is 0 Å². The zero-order valence-electron chi connectivity index (χ0n) is 5.80. The van der Waals surface area contributed by atoms with Gasteiger partial charge in [-0.2, -0.15) is 0 Å². The molecule has 0 unspecified atom stereocenters. The quantitative estimate of drug-likeness (QED) is 0.756. The van der Waals surface area contributed by atoms with Crippen LogP contribution in [-0.4, -0.2) is 10.4 Å². The third kappa shape index (κ3) is 2.27. The maximum Gasteiger partial charge on any atom is 0.123 e. The lowest BCUT2D eigenvalue weighted by atomic mass is 10.1. The largest absolute Gasteiger partial charge is 0.388 e. The second-order valence-electron chi connectivity index (χ2n) is 2.22. The van der Waals surface area contributed by atoms with E-state index in [1.165, 1.54) is 12.1 Å². The van der Waals surface area contributed by atoms with E-state index in [1.807, 2.05) is 0 Å². The molecule has 0 saturated carbocycles. The van der Waals surface area contributed by atoms with Crippen LogP contribution in [0.15, 0.2) is 24.3 Å². The molecule has 0 amide bonds. The van der Waals surface area contributed by atoms with Gasteiger partial charge in [0.25, 0.3) is 0 Å². The number of alkyl halides is 1. The molecule has 0 aliphatic heterocycles. The molecule has 0 radical (unpaired) electrons.